The molecule has 3 heteroatoms. The molecule has 3 nitrogen and oxygen atoms in total. The zero-order valence-corrected chi connectivity index (χ0v) is 14.2. The van der Waals surface area contributed by atoms with Gasteiger partial charge in [0.15, 0.2) is 0 Å². The summed E-state index contributed by atoms with van der Waals surface area (Å²) in [6, 6.07) is 26.5. The van der Waals surface area contributed by atoms with E-state index >= 15 is 0 Å². The number of ketones is 1. The molecule has 0 saturated heterocycles. The van der Waals surface area contributed by atoms with E-state index in [-0.39, 0.29) is 11.8 Å². The summed E-state index contributed by atoms with van der Waals surface area (Å²) in [6.07, 6.45) is -0.284. The van der Waals surface area contributed by atoms with Crippen LogP contribution in [-0.4, -0.2) is 11.8 Å². The van der Waals surface area contributed by atoms with Gasteiger partial charge in [-0.25, -0.2) is 4.79 Å². The first-order valence-corrected chi connectivity index (χ1v) is 8.65. The fraction of sp³-hybridized carbons (Fsp3) is 0.130. The fourth-order valence-electron chi connectivity index (χ4n) is 3.52. The highest BCUT2D eigenvalue weighted by Crippen LogP contribution is 2.41. The van der Waals surface area contributed by atoms with Crippen molar-refractivity contribution in [2.24, 2.45) is 0 Å². The highest BCUT2D eigenvalue weighted by Gasteiger charge is 2.40. The summed E-state index contributed by atoms with van der Waals surface area (Å²) in [7, 11) is 0. The van der Waals surface area contributed by atoms with Crippen LogP contribution in [0.2, 0.25) is 0 Å². The molecule has 128 valence electrons. The molecule has 1 aliphatic rings. The molecule has 4 rings (SSSR count). The van der Waals surface area contributed by atoms with Crippen molar-refractivity contribution in [1.29, 1.82) is 0 Å². The molecule has 0 aromatic heterocycles. The molecular formula is C23H18O3. The standard InChI is InChI=1S/C23H18O3/c24-20(15-16-9-3-1-4-10-16)21(17-11-5-2-6-12-17)22-18-13-7-8-14-19(18)23(25)26-22/h1-14,21-22H,15H2. The van der Waals surface area contributed by atoms with Gasteiger partial charge in [0.25, 0.3) is 0 Å². The van der Waals surface area contributed by atoms with Crippen LogP contribution in [0.4, 0.5) is 0 Å². The minimum absolute atomic E-state index is 0.0388. The van der Waals surface area contributed by atoms with Crippen molar-refractivity contribution >= 4 is 11.8 Å². The van der Waals surface area contributed by atoms with Crippen LogP contribution in [0, 0.1) is 0 Å². The van der Waals surface area contributed by atoms with Crippen LogP contribution in [0.3, 0.4) is 0 Å². The van der Waals surface area contributed by atoms with Crippen molar-refractivity contribution in [2.75, 3.05) is 0 Å². The normalized spacial score (nSPS) is 16.6. The molecule has 0 spiro atoms. The summed E-state index contributed by atoms with van der Waals surface area (Å²) in [5.74, 6) is -0.847. The molecule has 0 radical (unpaired) electrons. The van der Waals surface area contributed by atoms with Crippen molar-refractivity contribution < 1.29 is 14.3 Å². The Hall–Kier alpha value is -3.20. The number of cyclic esters (lactones) is 1. The Morgan fingerprint density at radius 1 is 0.846 bits per heavy atom. The van der Waals surface area contributed by atoms with E-state index in [2.05, 4.69) is 0 Å². The largest absolute Gasteiger partial charge is 0.453 e. The van der Waals surface area contributed by atoms with E-state index in [0.29, 0.717) is 12.0 Å². The predicted octanol–water partition coefficient (Wildman–Crippen LogP) is 4.49. The van der Waals surface area contributed by atoms with Crippen molar-refractivity contribution in [2.45, 2.75) is 18.4 Å². The number of rotatable bonds is 5. The Labute approximate surface area is 152 Å². The van der Waals surface area contributed by atoms with E-state index in [1.54, 1.807) is 6.07 Å². The molecule has 0 fully saturated rings. The van der Waals surface area contributed by atoms with Crippen LogP contribution < -0.4 is 0 Å². The summed E-state index contributed by atoms with van der Waals surface area (Å²) < 4.78 is 5.65. The minimum atomic E-state index is -0.586. The summed E-state index contributed by atoms with van der Waals surface area (Å²) in [6.45, 7) is 0. The van der Waals surface area contributed by atoms with Crippen LogP contribution in [0.25, 0.3) is 0 Å². The van der Waals surface area contributed by atoms with Gasteiger partial charge in [0.05, 0.1) is 11.5 Å². The summed E-state index contributed by atoms with van der Waals surface area (Å²) in [4.78, 5) is 25.5. The molecular weight excluding hydrogens is 324 g/mol. The van der Waals surface area contributed by atoms with Gasteiger partial charge in [0.2, 0.25) is 0 Å². The third kappa shape index (κ3) is 3.04. The number of ether oxygens (including phenoxy) is 1. The highest BCUT2D eigenvalue weighted by molar-refractivity contribution is 5.96. The third-order valence-corrected chi connectivity index (χ3v) is 4.75. The predicted molar refractivity (Wildman–Crippen MR) is 98.9 cm³/mol. The monoisotopic (exact) mass is 342 g/mol. The van der Waals surface area contributed by atoms with Crippen LogP contribution >= 0.6 is 0 Å². The molecule has 3 aromatic carbocycles. The Morgan fingerprint density at radius 3 is 2.19 bits per heavy atom. The Morgan fingerprint density at radius 2 is 1.46 bits per heavy atom. The molecule has 0 bridgehead atoms. The quantitative estimate of drug-likeness (QED) is 0.642. The van der Waals surface area contributed by atoms with Crippen molar-refractivity contribution in [3.8, 4) is 0 Å². The van der Waals surface area contributed by atoms with Gasteiger partial charge in [-0.2, -0.15) is 0 Å². The lowest BCUT2D eigenvalue weighted by Crippen LogP contribution is -2.22. The lowest BCUT2D eigenvalue weighted by Gasteiger charge is -2.23. The van der Waals surface area contributed by atoms with E-state index < -0.39 is 12.0 Å². The van der Waals surface area contributed by atoms with Gasteiger partial charge in [-0.1, -0.05) is 78.9 Å². The number of hydrogen-bond donors (Lipinski definition) is 0. The molecule has 26 heavy (non-hydrogen) atoms. The number of esters is 1. The van der Waals surface area contributed by atoms with Gasteiger partial charge in [0.1, 0.15) is 11.9 Å². The van der Waals surface area contributed by atoms with Crippen LogP contribution in [0.5, 0.6) is 0 Å². The number of hydrogen-bond acceptors (Lipinski definition) is 3. The van der Waals surface area contributed by atoms with Gasteiger partial charge >= 0.3 is 5.97 Å². The van der Waals surface area contributed by atoms with E-state index in [0.717, 1.165) is 16.7 Å². The first-order valence-electron chi connectivity index (χ1n) is 8.65. The molecule has 1 heterocycles. The lowest BCUT2D eigenvalue weighted by atomic mass is 9.83. The number of carbonyl (C=O) groups excluding carboxylic acids is 2. The van der Waals surface area contributed by atoms with Crippen molar-refractivity contribution in [3.05, 3.63) is 107 Å². The van der Waals surface area contributed by atoms with Gasteiger partial charge < -0.3 is 4.74 Å². The van der Waals surface area contributed by atoms with Crippen LogP contribution in [0.1, 0.15) is 39.1 Å². The van der Waals surface area contributed by atoms with Crippen LogP contribution in [-0.2, 0) is 16.0 Å². The van der Waals surface area contributed by atoms with Crippen molar-refractivity contribution in [1.82, 2.24) is 0 Å². The molecule has 2 atom stereocenters. The maximum absolute atomic E-state index is 13.2. The van der Waals surface area contributed by atoms with E-state index in [1.165, 1.54) is 0 Å². The Kier molecular flexibility index (Phi) is 4.36. The number of fused-ring (bicyclic) bond motifs is 1. The van der Waals surface area contributed by atoms with Gasteiger partial charge in [-0.3, -0.25) is 4.79 Å². The number of Topliss-reactive ketones (excluding diaryl/α,β-unsaturated/α-hetero) is 1. The fourth-order valence-corrected chi connectivity index (χ4v) is 3.52. The average molecular weight is 342 g/mol. The SMILES string of the molecule is O=C1OC(C(C(=O)Cc2ccccc2)c2ccccc2)c2ccccc21. The minimum Gasteiger partial charge on any atom is -0.453 e. The summed E-state index contributed by atoms with van der Waals surface area (Å²) >= 11 is 0. The molecule has 1 aliphatic heterocycles. The molecule has 0 saturated carbocycles. The lowest BCUT2D eigenvalue weighted by molar-refractivity contribution is -0.122. The smallest absolute Gasteiger partial charge is 0.339 e. The first-order chi connectivity index (χ1) is 12.7. The summed E-state index contributed by atoms with van der Waals surface area (Å²) in [5, 5.41) is 0. The highest BCUT2D eigenvalue weighted by atomic mass is 16.5. The van der Waals surface area contributed by atoms with Gasteiger partial charge in [-0.05, 0) is 17.2 Å². The molecule has 2 unspecified atom stereocenters. The zero-order chi connectivity index (χ0) is 17.9. The molecule has 3 aromatic rings. The average Bonchev–Trinajstić information content (AvgIpc) is 3.00. The second-order valence-electron chi connectivity index (χ2n) is 6.43. The van der Waals surface area contributed by atoms with Gasteiger partial charge in [-0.15, -0.1) is 0 Å². The Bertz CT molecular complexity index is 932. The van der Waals surface area contributed by atoms with E-state index in [9.17, 15) is 9.59 Å². The number of benzene rings is 3. The van der Waals surface area contributed by atoms with Crippen molar-refractivity contribution in [3.63, 3.8) is 0 Å². The second-order valence-corrected chi connectivity index (χ2v) is 6.43. The molecule has 0 amide bonds. The molecule has 0 N–H and O–H groups in total. The maximum atomic E-state index is 13.2. The van der Waals surface area contributed by atoms with E-state index in [4.69, 9.17) is 4.74 Å². The molecule has 0 aliphatic carbocycles. The first kappa shape index (κ1) is 16.3. The maximum Gasteiger partial charge on any atom is 0.339 e. The Balaban J connectivity index is 1.73. The zero-order valence-electron chi connectivity index (χ0n) is 14.2. The van der Waals surface area contributed by atoms with Gasteiger partial charge in [0, 0.05) is 12.0 Å². The second kappa shape index (κ2) is 6.96. The van der Waals surface area contributed by atoms with E-state index in [1.807, 2.05) is 78.9 Å². The topological polar surface area (TPSA) is 43.4 Å². The third-order valence-electron chi connectivity index (χ3n) is 4.75. The van der Waals surface area contributed by atoms with Crippen LogP contribution in [0.15, 0.2) is 84.9 Å². The summed E-state index contributed by atoms with van der Waals surface area (Å²) in [5.41, 5.74) is 3.15. The number of carbonyl (C=O) groups is 2.